The first kappa shape index (κ1) is 25.0. The number of benzene rings is 4. The van der Waals surface area contributed by atoms with Gasteiger partial charge < -0.3 is 4.98 Å². The third kappa shape index (κ3) is 4.61. The highest BCUT2D eigenvalue weighted by atomic mass is 15.3. The summed E-state index contributed by atoms with van der Waals surface area (Å²) in [7, 11) is 0. The van der Waals surface area contributed by atoms with Gasteiger partial charge in [-0.05, 0) is 50.9 Å². The summed E-state index contributed by atoms with van der Waals surface area (Å²) in [6.45, 7) is 13.4. The zero-order chi connectivity index (χ0) is 27.4. The highest BCUT2D eigenvalue weighted by Crippen LogP contribution is 2.40. The summed E-state index contributed by atoms with van der Waals surface area (Å²) in [5.74, 6) is 0. The van der Waals surface area contributed by atoms with Crippen LogP contribution in [0.25, 0.3) is 55.4 Å². The Bertz CT molecular complexity index is 1720. The summed E-state index contributed by atoms with van der Waals surface area (Å²) in [6, 6.07) is 32.4. The van der Waals surface area contributed by atoms with Crippen LogP contribution in [0.5, 0.6) is 0 Å². The van der Waals surface area contributed by atoms with Gasteiger partial charge >= 0.3 is 0 Å². The summed E-state index contributed by atoms with van der Waals surface area (Å²) >= 11 is 0. The van der Waals surface area contributed by atoms with Gasteiger partial charge in [-0.3, -0.25) is 0 Å². The van der Waals surface area contributed by atoms with E-state index < -0.39 is 0 Å². The molecule has 6 aromatic rings. The van der Waals surface area contributed by atoms with Crippen molar-refractivity contribution in [3.8, 4) is 33.6 Å². The molecule has 0 atom stereocenters. The molecule has 0 amide bonds. The van der Waals surface area contributed by atoms with Crippen LogP contribution in [0.1, 0.15) is 52.7 Å². The number of H-pyrrole nitrogens is 1. The van der Waals surface area contributed by atoms with Gasteiger partial charge in [-0.25, -0.2) is 0 Å². The maximum Gasteiger partial charge on any atom is 0.105 e. The van der Waals surface area contributed by atoms with Gasteiger partial charge in [-0.2, -0.15) is 0 Å². The molecule has 0 radical (unpaired) electrons. The Morgan fingerprint density at radius 1 is 0.513 bits per heavy atom. The molecule has 0 saturated carbocycles. The second-order valence-electron chi connectivity index (χ2n) is 12.4. The standard InChI is InChI=1S/C35H34N4/c1-34(2,3)25-16-11-22(12-17-25)32-31(24-15-20-30-28(21-24)27-9-7-8-10-29(27)36-30)33(38-39-37-32)23-13-18-26(19-14-23)35(4,5)6/h7-21,36H,1-6H3. The smallest absolute Gasteiger partial charge is 0.105 e. The van der Waals surface area contributed by atoms with Gasteiger partial charge in [0.1, 0.15) is 11.4 Å². The molecule has 1 N–H and O–H groups in total. The Balaban J connectivity index is 1.59. The van der Waals surface area contributed by atoms with Crippen molar-refractivity contribution in [3.05, 3.63) is 102 Å². The SMILES string of the molecule is CC(C)(C)c1ccc(-c2nnnc(-c3ccc(C(C)(C)C)cc3)c2-c2ccc3[nH]c4ccccc4c3c2)cc1. The Labute approximate surface area is 230 Å². The Hall–Kier alpha value is -4.31. The molecule has 0 unspecified atom stereocenters. The summed E-state index contributed by atoms with van der Waals surface area (Å²) in [5.41, 5.74) is 10.7. The fraction of sp³-hybridized carbons (Fsp3) is 0.229. The molecule has 2 heterocycles. The minimum Gasteiger partial charge on any atom is -0.355 e. The van der Waals surface area contributed by atoms with E-state index in [1.165, 1.54) is 21.9 Å². The molecule has 0 fully saturated rings. The van der Waals surface area contributed by atoms with Crippen LogP contribution in [0.4, 0.5) is 0 Å². The van der Waals surface area contributed by atoms with Crippen molar-refractivity contribution in [2.75, 3.05) is 0 Å². The molecule has 0 aliphatic rings. The van der Waals surface area contributed by atoms with Crippen molar-refractivity contribution in [2.45, 2.75) is 52.4 Å². The lowest BCUT2D eigenvalue weighted by Gasteiger charge is -2.20. The first-order valence-corrected chi connectivity index (χ1v) is 13.6. The van der Waals surface area contributed by atoms with Gasteiger partial charge in [-0.15, -0.1) is 10.2 Å². The van der Waals surface area contributed by atoms with E-state index in [1.807, 2.05) is 0 Å². The van der Waals surface area contributed by atoms with Gasteiger partial charge in [0.15, 0.2) is 0 Å². The molecule has 0 spiro atoms. The lowest BCUT2D eigenvalue weighted by atomic mass is 9.85. The quantitative estimate of drug-likeness (QED) is 0.258. The Morgan fingerprint density at radius 3 is 1.54 bits per heavy atom. The highest BCUT2D eigenvalue weighted by Gasteiger charge is 2.21. The van der Waals surface area contributed by atoms with E-state index in [0.717, 1.165) is 44.7 Å². The van der Waals surface area contributed by atoms with E-state index in [2.05, 4.69) is 153 Å². The average molecular weight is 511 g/mol. The Morgan fingerprint density at radius 2 is 1.00 bits per heavy atom. The number of para-hydroxylation sites is 1. The molecular weight excluding hydrogens is 476 g/mol. The second-order valence-corrected chi connectivity index (χ2v) is 12.4. The monoisotopic (exact) mass is 510 g/mol. The molecule has 0 saturated heterocycles. The van der Waals surface area contributed by atoms with Crippen LogP contribution in [-0.2, 0) is 10.8 Å². The fourth-order valence-corrected chi connectivity index (χ4v) is 5.26. The minimum absolute atomic E-state index is 0.0750. The molecule has 6 rings (SSSR count). The predicted molar refractivity (Wildman–Crippen MR) is 163 cm³/mol. The highest BCUT2D eigenvalue weighted by molar-refractivity contribution is 6.09. The lowest BCUT2D eigenvalue weighted by molar-refractivity contribution is 0.590. The summed E-state index contributed by atoms with van der Waals surface area (Å²) < 4.78 is 0. The second kappa shape index (κ2) is 9.16. The molecule has 0 aliphatic carbocycles. The minimum atomic E-state index is 0.0750. The number of nitrogens with one attached hydrogen (secondary N) is 1. The zero-order valence-electron chi connectivity index (χ0n) is 23.5. The van der Waals surface area contributed by atoms with Crippen LogP contribution in [0, 0.1) is 0 Å². The number of fused-ring (bicyclic) bond motifs is 3. The first-order chi connectivity index (χ1) is 18.6. The predicted octanol–water partition coefficient (Wildman–Crippen LogP) is 9.10. The number of hydrogen-bond acceptors (Lipinski definition) is 3. The van der Waals surface area contributed by atoms with E-state index >= 15 is 0 Å². The number of nitrogens with zero attached hydrogens (tertiary/aromatic N) is 3. The van der Waals surface area contributed by atoms with Crippen LogP contribution in [0.2, 0.25) is 0 Å². The fourth-order valence-electron chi connectivity index (χ4n) is 5.26. The normalized spacial score (nSPS) is 12.4. The molecule has 0 bridgehead atoms. The first-order valence-electron chi connectivity index (χ1n) is 13.6. The van der Waals surface area contributed by atoms with E-state index in [9.17, 15) is 0 Å². The van der Waals surface area contributed by atoms with E-state index in [1.54, 1.807) is 0 Å². The zero-order valence-corrected chi connectivity index (χ0v) is 23.5. The van der Waals surface area contributed by atoms with Crippen LogP contribution >= 0.6 is 0 Å². The summed E-state index contributed by atoms with van der Waals surface area (Å²) in [6.07, 6.45) is 0. The number of rotatable bonds is 3. The van der Waals surface area contributed by atoms with E-state index in [4.69, 9.17) is 0 Å². The molecule has 39 heavy (non-hydrogen) atoms. The van der Waals surface area contributed by atoms with Crippen LogP contribution in [0.15, 0.2) is 91.0 Å². The Kier molecular flexibility index (Phi) is 5.87. The topological polar surface area (TPSA) is 54.5 Å². The van der Waals surface area contributed by atoms with Crippen LogP contribution in [-0.4, -0.2) is 20.4 Å². The van der Waals surface area contributed by atoms with Crippen molar-refractivity contribution in [1.29, 1.82) is 0 Å². The van der Waals surface area contributed by atoms with Crippen molar-refractivity contribution < 1.29 is 0 Å². The number of aromatic amines is 1. The average Bonchev–Trinajstić information content (AvgIpc) is 3.30. The number of hydrogen-bond donors (Lipinski definition) is 1. The third-order valence-corrected chi connectivity index (χ3v) is 7.61. The van der Waals surface area contributed by atoms with Crippen LogP contribution in [0.3, 0.4) is 0 Å². The third-order valence-electron chi connectivity index (χ3n) is 7.61. The maximum atomic E-state index is 4.62. The molecule has 4 nitrogen and oxygen atoms in total. The van der Waals surface area contributed by atoms with Crippen molar-refractivity contribution in [1.82, 2.24) is 20.4 Å². The molecule has 4 aromatic carbocycles. The summed E-state index contributed by atoms with van der Waals surface area (Å²) in [5, 5.41) is 15.9. The molecular formula is C35H34N4. The molecule has 194 valence electrons. The van der Waals surface area contributed by atoms with E-state index in [0.29, 0.717) is 0 Å². The van der Waals surface area contributed by atoms with Gasteiger partial charge in [0.2, 0.25) is 0 Å². The summed E-state index contributed by atoms with van der Waals surface area (Å²) in [4.78, 5) is 3.55. The van der Waals surface area contributed by atoms with Crippen molar-refractivity contribution in [3.63, 3.8) is 0 Å². The van der Waals surface area contributed by atoms with Crippen molar-refractivity contribution in [2.24, 2.45) is 0 Å². The van der Waals surface area contributed by atoms with Crippen LogP contribution < -0.4 is 0 Å². The lowest BCUT2D eigenvalue weighted by Crippen LogP contribution is -2.10. The number of aromatic nitrogens is 4. The molecule has 0 aliphatic heterocycles. The van der Waals surface area contributed by atoms with Gasteiger partial charge in [0.05, 0.1) is 0 Å². The van der Waals surface area contributed by atoms with Gasteiger partial charge in [0, 0.05) is 38.5 Å². The molecule has 2 aromatic heterocycles. The van der Waals surface area contributed by atoms with E-state index in [-0.39, 0.29) is 10.8 Å². The van der Waals surface area contributed by atoms with Gasteiger partial charge in [-0.1, -0.05) is 114 Å². The largest absolute Gasteiger partial charge is 0.355 e. The maximum absolute atomic E-state index is 4.62. The van der Waals surface area contributed by atoms with Crippen molar-refractivity contribution >= 4 is 21.8 Å². The molecule has 4 heteroatoms. The van der Waals surface area contributed by atoms with Gasteiger partial charge in [0.25, 0.3) is 0 Å².